The van der Waals surface area contributed by atoms with Crippen LogP contribution in [0.1, 0.15) is 30.6 Å². The topological polar surface area (TPSA) is 72.7 Å². The molecule has 0 aliphatic rings. The summed E-state index contributed by atoms with van der Waals surface area (Å²) in [6.45, 7) is 7.00. The normalized spacial score (nSPS) is 10.6. The van der Waals surface area contributed by atoms with Crippen molar-refractivity contribution in [3.05, 3.63) is 45.8 Å². The molecule has 0 aliphatic heterocycles. The Morgan fingerprint density at radius 1 is 1.20 bits per heavy atom. The molecule has 6 nitrogen and oxygen atoms in total. The van der Waals surface area contributed by atoms with Gasteiger partial charge >= 0.3 is 0 Å². The molecule has 0 radical (unpaired) electrons. The summed E-state index contributed by atoms with van der Waals surface area (Å²) < 4.78 is 1.38. The Morgan fingerprint density at radius 3 is 2.75 bits per heavy atom. The van der Waals surface area contributed by atoms with Crippen molar-refractivity contribution in [2.24, 2.45) is 0 Å². The van der Waals surface area contributed by atoms with Crippen molar-refractivity contribution >= 4 is 5.82 Å². The molecule has 0 saturated heterocycles. The van der Waals surface area contributed by atoms with Crippen LogP contribution in [0.2, 0.25) is 0 Å². The first-order valence-electron chi connectivity index (χ1n) is 6.71. The summed E-state index contributed by atoms with van der Waals surface area (Å²) in [7, 11) is 0. The summed E-state index contributed by atoms with van der Waals surface area (Å²) >= 11 is 0. The molecular weight excluding hydrogens is 254 g/mol. The maximum Gasteiger partial charge on any atom is 0.267 e. The van der Waals surface area contributed by atoms with E-state index in [1.165, 1.54) is 10.7 Å². The SMILES string of the molecule is CCCNc1cc(C)nc(Cn2nc(C)ccc2=O)n1. The lowest BCUT2D eigenvalue weighted by molar-refractivity contribution is 0.604. The zero-order chi connectivity index (χ0) is 14.5. The van der Waals surface area contributed by atoms with Gasteiger partial charge < -0.3 is 5.32 Å². The van der Waals surface area contributed by atoms with Crippen molar-refractivity contribution < 1.29 is 0 Å². The van der Waals surface area contributed by atoms with Crippen molar-refractivity contribution in [3.8, 4) is 0 Å². The van der Waals surface area contributed by atoms with Crippen LogP contribution in [0.5, 0.6) is 0 Å². The average molecular weight is 273 g/mol. The summed E-state index contributed by atoms with van der Waals surface area (Å²) in [5.74, 6) is 1.37. The van der Waals surface area contributed by atoms with Crippen LogP contribution in [0.3, 0.4) is 0 Å². The minimum atomic E-state index is -0.149. The van der Waals surface area contributed by atoms with Gasteiger partial charge in [-0.15, -0.1) is 0 Å². The zero-order valence-electron chi connectivity index (χ0n) is 12.1. The Bertz CT molecular complexity index is 650. The minimum Gasteiger partial charge on any atom is -0.370 e. The van der Waals surface area contributed by atoms with Gasteiger partial charge in [-0.2, -0.15) is 5.10 Å². The number of hydrogen-bond donors (Lipinski definition) is 1. The Morgan fingerprint density at radius 2 is 2.00 bits per heavy atom. The maximum atomic E-state index is 11.7. The lowest BCUT2D eigenvalue weighted by Crippen LogP contribution is -2.24. The van der Waals surface area contributed by atoms with Gasteiger partial charge in [0.1, 0.15) is 12.4 Å². The lowest BCUT2D eigenvalue weighted by Gasteiger charge is -2.08. The highest BCUT2D eigenvalue weighted by Crippen LogP contribution is 2.06. The summed E-state index contributed by atoms with van der Waals surface area (Å²) in [6.07, 6.45) is 1.03. The second-order valence-corrected chi connectivity index (χ2v) is 4.71. The molecule has 0 aliphatic carbocycles. The molecule has 2 rings (SSSR count). The molecule has 1 N–H and O–H groups in total. The van der Waals surface area contributed by atoms with Gasteiger partial charge in [-0.05, 0) is 26.3 Å². The van der Waals surface area contributed by atoms with Gasteiger partial charge in [-0.1, -0.05) is 6.92 Å². The summed E-state index contributed by atoms with van der Waals surface area (Å²) in [5, 5.41) is 7.42. The number of anilines is 1. The first-order chi connectivity index (χ1) is 9.58. The predicted octanol–water partition coefficient (Wildman–Crippen LogP) is 1.52. The van der Waals surface area contributed by atoms with Gasteiger partial charge in [0.15, 0.2) is 5.82 Å². The molecule has 6 heteroatoms. The number of nitrogens with one attached hydrogen (secondary N) is 1. The van der Waals surface area contributed by atoms with E-state index in [1.54, 1.807) is 6.07 Å². The summed E-state index contributed by atoms with van der Waals surface area (Å²) in [5.41, 5.74) is 1.51. The van der Waals surface area contributed by atoms with Crippen molar-refractivity contribution in [2.45, 2.75) is 33.7 Å². The van der Waals surface area contributed by atoms with Gasteiger partial charge in [-0.3, -0.25) is 4.79 Å². The van der Waals surface area contributed by atoms with Gasteiger partial charge in [0.25, 0.3) is 5.56 Å². The molecule has 20 heavy (non-hydrogen) atoms. The van der Waals surface area contributed by atoms with Gasteiger partial charge in [0.2, 0.25) is 0 Å². The molecule has 0 atom stereocenters. The number of aryl methyl sites for hydroxylation is 2. The molecule has 0 spiro atoms. The van der Waals surface area contributed by atoms with Crippen molar-refractivity contribution in [1.29, 1.82) is 0 Å². The number of aromatic nitrogens is 4. The molecule has 0 fully saturated rings. The standard InChI is InChI=1S/C14H19N5O/c1-4-7-15-12-8-11(3)16-13(17-12)9-19-14(20)6-5-10(2)18-19/h5-6,8H,4,7,9H2,1-3H3,(H,15,16,17). The van der Waals surface area contributed by atoms with E-state index in [0.717, 1.165) is 30.2 Å². The second kappa shape index (κ2) is 6.27. The van der Waals surface area contributed by atoms with Crippen LogP contribution in [0.4, 0.5) is 5.82 Å². The van der Waals surface area contributed by atoms with E-state index in [-0.39, 0.29) is 12.1 Å². The van der Waals surface area contributed by atoms with Crippen LogP contribution < -0.4 is 10.9 Å². The van der Waals surface area contributed by atoms with E-state index < -0.39 is 0 Å². The first kappa shape index (κ1) is 14.2. The Balaban J connectivity index is 2.26. The van der Waals surface area contributed by atoms with Crippen molar-refractivity contribution in [1.82, 2.24) is 19.7 Å². The van der Waals surface area contributed by atoms with Gasteiger partial charge in [-0.25, -0.2) is 14.6 Å². The zero-order valence-corrected chi connectivity index (χ0v) is 12.1. The van der Waals surface area contributed by atoms with Gasteiger partial charge in [0, 0.05) is 24.4 Å². The van der Waals surface area contributed by atoms with Gasteiger partial charge in [0.05, 0.1) is 5.69 Å². The highest BCUT2D eigenvalue weighted by molar-refractivity contribution is 5.35. The van der Waals surface area contributed by atoms with E-state index in [0.29, 0.717) is 5.82 Å². The van der Waals surface area contributed by atoms with Crippen molar-refractivity contribution in [2.75, 3.05) is 11.9 Å². The fourth-order valence-electron chi connectivity index (χ4n) is 1.84. The van der Waals surface area contributed by atoms with E-state index in [1.807, 2.05) is 19.9 Å². The third kappa shape index (κ3) is 3.63. The summed E-state index contributed by atoms with van der Waals surface area (Å²) in [6, 6.07) is 5.10. The van der Waals surface area contributed by atoms with E-state index in [2.05, 4.69) is 27.3 Å². The van der Waals surface area contributed by atoms with Crippen LogP contribution in [-0.2, 0) is 6.54 Å². The predicted molar refractivity (Wildman–Crippen MR) is 77.9 cm³/mol. The molecule has 2 aromatic heterocycles. The van der Waals surface area contributed by atoms with Crippen LogP contribution >= 0.6 is 0 Å². The van der Waals surface area contributed by atoms with Crippen molar-refractivity contribution in [3.63, 3.8) is 0 Å². The Hall–Kier alpha value is -2.24. The molecule has 0 amide bonds. The molecule has 0 unspecified atom stereocenters. The first-order valence-corrected chi connectivity index (χ1v) is 6.71. The lowest BCUT2D eigenvalue weighted by atomic mass is 10.4. The highest BCUT2D eigenvalue weighted by atomic mass is 16.1. The second-order valence-electron chi connectivity index (χ2n) is 4.71. The molecule has 0 aromatic carbocycles. The molecule has 0 bridgehead atoms. The van der Waals surface area contributed by atoms with Crippen LogP contribution in [0.15, 0.2) is 23.0 Å². The largest absolute Gasteiger partial charge is 0.370 e. The number of rotatable bonds is 5. The fourth-order valence-corrected chi connectivity index (χ4v) is 1.84. The molecule has 2 heterocycles. The third-order valence-electron chi connectivity index (χ3n) is 2.75. The monoisotopic (exact) mass is 273 g/mol. The van der Waals surface area contributed by atoms with E-state index >= 15 is 0 Å². The number of nitrogens with zero attached hydrogens (tertiary/aromatic N) is 4. The molecule has 2 aromatic rings. The third-order valence-corrected chi connectivity index (χ3v) is 2.75. The van der Waals surface area contributed by atoms with Crippen LogP contribution in [-0.4, -0.2) is 26.3 Å². The van der Waals surface area contributed by atoms with Crippen LogP contribution in [0, 0.1) is 13.8 Å². The average Bonchev–Trinajstić information content (AvgIpc) is 2.40. The Kier molecular flexibility index (Phi) is 4.45. The minimum absolute atomic E-state index is 0.149. The summed E-state index contributed by atoms with van der Waals surface area (Å²) in [4.78, 5) is 20.5. The smallest absolute Gasteiger partial charge is 0.267 e. The van der Waals surface area contributed by atoms with Crippen LogP contribution in [0.25, 0.3) is 0 Å². The molecule has 0 saturated carbocycles. The molecule has 106 valence electrons. The number of hydrogen-bond acceptors (Lipinski definition) is 5. The quantitative estimate of drug-likeness (QED) is 0.894. The molecular formula is C14H19N5O. The maximum absolute atomic E-state index is 11.7. The van der Waals surface area contributed by atoms with E-state index in [4.69, 9.17) is 0 Å². The van der Waals surface area contributed by atoms with E-state index in [9.17, 15) is 4.79 Å². The fraction of sp³-hybridized carbons (Fsp3) is 0.429. The Labute approximate surface area is 117 Å². The highest BCUT2D eigenvalue weighted by Gasteiger charge is 2.05.